The number of hydrogen-bond donors (Lipinski definition) is 1. The predicted molar refractivity (Wildman–Crippen MR) is 76.7 cm³/mol. The molecule has 1 aliphatic rings. The number of rotatable bonds is 2. The second-order valence-electron chi connectivity index (χ2n) is 5.21. The van der Waals surface area contributed by atoms with Gasteiger partial charge in [0.05, 0.1) is 18.4 Å². The Bertz CT molecular complexity index is 448. The SMILES string of the molecule is COC(=O)c1ccccc1N1CCC(C)NC(C)C1. The van der Waals surface area contributed by atoms with E-state index in [1.54, 1.807) is 0 Å². The number of hydrogen-bond acceptors (Lipinski definition) is 4. The smallest absolute Gasteiger partial charge is 0.339 e. The lowest BCUT2D eigenvalue weighted by Gasteiger charge is -2.26. The third kappa shape index (κ3) is 3.26. The zero-order chi connectivity index (χ0) is 13.8. The number of ether oxygens (including phenoxy) is 1. The highest BCUT2D eigenvalue weighted by atomic mass is 16.5. The van der Waals surface area contributed by atoms with Gasteiger partial charge in [0, 0.05) is 25.2 Å². The molecule has 104 valence electrons. The maximum Gasteiger partial charge on any atom is 0.339 e. The molecule has 0 radical (unpaired) electrons. The normalized spacial score (nSPS) is 23.8. The quantitative estimate of drug-likeness (QED) is 0.828. The van der Waals surface area contributed by atoms with Crippen LogP contribution in [0.1, 0.15) is 30.6 Å². The predicted octanol–water partition coefficient (Wildman–Crippen LogP) is 2.05. The summed E-state index contributed by atoms with van der Waals surface area (Å²) < 4.78 is 4.87. The Labute approximate surface area is 114 Å². The lowest BCUT2D eigenvalue weighted by molar-refractivity contribution is 0.0601. The van der Waals surface area contributed by atoms with Crippen LogP contribution in [0, 0.1) is 0 Å². The Morgan fingerprint density at radius 1 is 1.32 bits per heavy atom. The van der Waals surface area contributed by atoms with Crippen molar-refractivity contribution in [3.8, 4) is 0 Å². The van der Waals surface area contributed by atoms with Crippen LogP contribution in [-0.4, -0.2) is 38.3 Å². The summed E-state index contributed by atoms with van der Waals surface area (Å²) in [6.07, 6.45) is 1.07. The van der Waals surface area contributed by atoms with E-state index in [1.807, 2.05) is 24.3 Å². The Balaban J connectivity index is 2.27. The first-order valence-electron chi connectivity index (χ1n) is 6.80. The molecule has 1 aromatic rings. The molecule has 1 fully saturated rings. The molecule has 2 unspecified atom stereocenters. The monoisotopic (exact) mass is 262 g/mol. The minimum absolute atomic E-state index is 0.270. The van der Waals surface area contributed by atoms with Gasteiger partial charge in [-0.05, 0) is 32.4 Å². The van der Waals surface area contributed by atoms with Gasteiger partial charge in [-0.1, -0.05) is 12.1 Å². The average molecular weight is 262 g/mol. The van der Waals surface area contributed by atoms with Gasteiger partial charge in [-0.25, -0.2) is 4.79 Å². The van der Waals surface area contributed by atoms with Crippen molar-refractivity contribution < 1.29 is 9.53 Å². The van der Waals surface area contributed by atoms with Gasteiger partial charge in [0.2, 0.25) is 0 Å². The lowest BCUT2D eigenvalue weighted by atomic mass is 10.1. The molecule has 1 aliphatic heterocycles. The molecule has 1 saturated heterocycles. The summed E-state index contributed by atoms with van der Waals surface area (Å²) in [5.41, 5.74) is 1.61. The van der Waals surface area contributed by atoms with Crippen LogP contribution < -0.4 is 10.2 Å². The maximum absolute atomic E-state index is 11.8. The molecule has 0 amide bonds. The molecule has 0 aromatic heterocycles. The second-order valence-corrected chi connectivity index (χ2v) is 5.21. The van der Waals surface area contributed by atoms with Crippen LogP contribution in [0.4, 0.5) is 5.69 Å². The summed E-state index contributed by atoms with van der Waals surface area (Å²) in [6.45, 7) is 6.23. The zero-order valence-electron chi connectivity index (χ0n) is 11.8. The van der Waals surface area contributed by atoms with E-state index in [4.69, 9.17) is 4.74 Å². The fourth-order valence-electron chi connectivity index (χ4n) is 2.64. The van der Waals surface area contributed by atoms with Crippen molar-refractivity contribution in [2.24, 2.45) is 0 Å². The fourth-order valence-corrected chi connectivity index (χ4v) is 2.64. The van der Waals surface area contributed by atoms with Crippen molar-refractivity contribution in [2.45, 2.75) is 32.4 Å². The van der Waals surface area contributed by atoms with Gasteiger partial charge >= 0.3 is 5.97 Å². The van der Waals surface area contributed by atoms with E-state index in [-0.39, 0.29) is 5.97 Å². The molecule has 1 heterocycles. The number of carbonyl (C=O) groups excluding carboxylic acids is 1. The van der Waals surface area contributed by atoms with E-state index < -0.39 is 0 Å². The fraction of sp³-hybridized carbons (Fsp3) is 0.533. The molecule has 0 saturated carbocycles. The van der Waals surface area contributed by atoms with Crippen LogP contribution >= 0.6 is 0 Å². The number of esters is 1. The Kier molecular flexibility index (Phi) is 4.43. The number of para-hydroxylation sites is 1. The van der Waals surface area contributed by atoms with Crippen molar-refractivity contribution >= 4 is 11.7 Å². The Morgan fingerprint density at radius 3 is 2.79 bits per heavy atom. The molecular weight excluding hydrogens is 240 g/mol. The first-order chi connectivity index (χ1) is 9.11. The Hall–Kier alpha value is -1.55. The van der Waals surface area contributed by atoms with Crippen molar-refractivity contribution in [1.82, 2.24) is 5.32 Å². The van der Waals surface area contributed by atoms with E-state index in [2.05, 4.69) is 24.1 Å². The highest BCUT2D eigenvalue weighted by Crippen LogP contribution is 2.23. The van der Waals surface area contributed by atoms with Crippen molar-refractivity contribution in [1.29, 1.82) is 0 Å². The van der Waals surface area contributed by atoms with Crippen LogP contribution in [0.3, 0.4) is 0 Å². The van der Waals surface area contributed by atoms with Gasteiger partial charge in [0.1, 0.15) is 0 Å². The number of methoxy groups -OCH3 is 1. The van der Waals surface area contributed by atoms with Crippen molar-refractivity contribution in [3.63, 3.8) is 0 Å². The van der Waals surface area contributed by atoms with Gasteiger partial charge in [0.25, 0.3) is 0 Å². The number of nitrogens with zero attached hydrogens (tertiary/aromatic N) is 1. The van der Waals surface area contributed by atoms with Crippen LogP contribution in [0.25, 0.3) is 0 Å². The van der Waals surface area contributed by atoms with Crippen LogP contribution in [0.5, 0.6) is 0 Å². The van der Waals surface area contributed by atoms with Crippen molar-refractivity contribution in [2.75, 3.05) is 25.1 Å². The maximum atomic E-state index is 11.8. The number of anilines is 1. The number of benzene rings is 1. The molecule has 1 N–H and O–H groups in total. The van der Waals surface area contributed by atoms with Gasteiger partial charge < -0.3 is 15.0 Å². The van der Waals surface area contributed by atoms with Crippen LogP contribution in [0.15, 0.2) is 24.3 Å². The molecule has 2 rings (SSSR count). The third-order valence-corrected chi connectivity index (χ3v) is 3.55. The average Bonchev–Trinajstić information content (AvgIpc) is 2.58. The Morgan fingerprint density at radius 2 is 2.05 bits per heavy atom. The van der Waals surface area contributed by atoms with Crippen molar-refractivity contribution in [3.05, 3.63) is 29.8 Å². The highest BCUT2D eigenvalue weighted by molar-refractivity contribution is 5.95. The van der Waals surface area contributed by atoms with E-state index >= 15 is 0 Å². The summed E-state index contributed by atoms with van der Waals surface area (Å²) in [5, 5.41) is 3.55. The summed E-state index contributed by atoms with van der Waals surface area (Å²) in [7, 11) is 1.42. The molecule has 4 nitrogen and oxygen atoms in total. The third-order valence-electron chi connectivity index (χ3n) is 3.55. The summed E-state index contributed by atoms with van der Waals surface area (Å²) >= 11 is 0. The topological polar surface area (TPSA) is 41.6 Å². The zero-order valence-corrected chi connectivity index (χ0v) is 11.8. The molecule has 0 spiro atoms. The van der Waals surface area contributed by atoms with E-state index in [1.165, 1.54) is 7.11 Å². The molecule has 19 heavy (non-hydrogen) atoms. The first-order valence-corrected chi connectivity index (χ1v) is 6.80. The summed E-state index contributed by atoms with van der Waals surface area (Å²) in [4.78, 5) is 14.1. The lowest BCUT2D eigenvalue weighted by Crippen LogP contribution is -2.38. The molecular formula is C15H22N2O2. The molecule has 0 aliphatic carbocycles. The van der Waals surface area contributed by atoms with E-state index in [9.17, 15) is 4.79 Å². The molecule has 0 bridgehead atoms. The summed E-state index contributed by atoms with van der Waals surface area (Å²) in [6, 6.07) is 8.57. The van der Waals surface area contributed by atoms with E-state index in [0.717, 1.165) is 25.2 Å². The van der Waals surface area contributed by atoms with Gasteiger partial charge in [-0.15, -0.1) is 0 Å². The van der Waals surface area contributed by atoms with Crippen LogP contribution in [-0.2, 0) is 4.74 Å². The van der Waals surface area contributed by atoms with Crippen LogP contribution in [0.2, 0.25) is 0 Å². The minimum Gasteiger partial charge on any atom is -0.465 e. The first kappa shape index (κ1) is 13.9. The minimum atomic E-state index is -0.270. The van der Waals surface area contributed by atoms with Gasteiger partial charge in [-0.3, -0.25) is 0 Å². The second kappa shape index (κ2) is 6.06. The van der Waals surface area contributed by atoms with Gasteiger partial charge in [0.15, 0.2) is 0 Å². The highest BCUT2D eigenvalue weighted by Gasteiger charge is 2.22. The largest absolute Gasteiger partial charge is 0.465 e. The molecule has 2 atom stereocenters. The number of carbonyl (C=O) groups is 1. The van der Waals surface area contributed by atoms with E-state index in [0.29, 0.717) is 17.6 Å². The van der Waals surface area contributed by atoms with Gasteiger partial charge in [-0.2, -0.15) is 0 Å². The summed E-state index contributed by atoms with van der Waals surface area (Å²) in [5.74, 6) is -0.270. The molecule has 1 aromatic carbocycles. The standard InChI is InChI=1S/C15H22N2O2/c1-11-8-9-17(10-12(2)16-11)14-7-5-4-6-13(14)15(18)19-3/h4-7,11-12,16H,8-10H2,1-3H3. The number of nitrogens with one attached hydrogen (secondary N) is 1. The molecule has 4 heteroatoms.